The lowest BCUT2D eigenvalue weighted by Crippen LogP contribution is -2.07. The van der Waals surface area contributed by atoms with E-state index in [1.807, 2.05) is 25.1 Å². The Labute approximate surface area is 100 Å². The molecule has 17 heavy (non-hydrogen) atoms. The van der Waals surface area contributed by atoms with Crippen molar-refractivity contribution in [3.05, 3.63) is 29.3 Å². The summed E-state index contributed by atoms with van der Waals surface area (Å²) in [6.45, 7) is 1.94. The summed E-state index contributed by atoms with van der Waals surface area (Å²) in [5, 5.41) is 8.50. The summed E-state index contributed by atoms with van der Waals surface area (Å²) in [6.07, 6.45) is 0.164. The lowest BCUT2D eigenvalue weighted by atomic mass is 10.0. The molecule has 0 spiro atoms. The summed E-state index contributed by atoms with van der Waals surface area (Å²) in [5.41, 5.74) is 1.86. The molecule has 0 aliphatic rings. The number of aryl methyl sites for hydroxylation is 1. The van der Waals surface area contributed by atoms with E-state index in [1.165, 1.54) is 0 Å². The molecule has 0 atom stereocenters. The van der Waals surface area contributed by atoms with Crippen molar-refractivity contribution in [2.24, 2.45) is 0 Å². The van der Waals surface area contributed by atoms with Crippen LogP contribution in [-0.4, -0.2) is 24.0 Å². The van der Waals surface area contributed by atoms with Gasteiger partial charge >= 0.3 is 5.97 Å². The number of rotatable bonds is 6. The lowest BCUT2D eigenvalue weighted by molar-refractivity contribution is -0.138. The maximum Gasteiger partial charge on any atom is 0.303 e. The molecule has 0 aromatic heterocycles. The fraction of sp³-hybridized carbons (Fsp3) is 0.385. The summed E-state index contributed by atoms with van der Waals surface area (Å²) < 4.78 is 5.16. The standard InChI is InChI=1S/C13H16O4/c1-9-3-5-12(17-2)10(7-9)8-11(14)4-6-13(15)16/h3,5,7H,4,6,8H2,1-2H3,(H,15,16). The highest BCUT2D eigenvalue weighted by Crippen LogP contribution is 2.20. The second kappa shape index (κ2) is 6.03. The van der Waals surface area contributed by atoms with E-state index < -0.39 is 5.97 Å². The van der Waals surface area contributed by atoms with Gasteiger partial charge in [0.05, 0.1) is 13.5 Å². The third-order valence-corrected chi connectivity index (χ3v) is 2.44. The van der Waals surface area contributed by atoms with E-state index in [9.17, 15) is 9.59 Å². The minimum atomic E-state index is -0.949. The molecule has 0 heterocycles. The zero-order valence-electron chi connectivity index (χ0n) is 10.0. The van der Waals surface area contributed by atoms with E-state index in [1.54, 1.807) is 7.11 Å². The molecule has 1 aromatic rings. The summed E-state index contributed by atoms with van der Waals surface area (Å²) in [6, 6.07) is 5.61. The van der Waals surface area contributed by atoms with E-state index in [4.69, 9.17) is 9.84 Å². The number of carbonyl (C=O) groups is 2. The monoisotopic (exact) mass is 236 g/mol. The van der Waals surface area contributed by atoms with Crippen LogP contribution >= 0.6 is 0 Å². The normalized spacial score (nSPS) is 10.0. The first kappa shape index (κ1) is 13.2. The zero-order chi connectivity index (χ0) is 12.8. The largest absolute Gasteiger partial charge is 0.496 e. The quantitative estimate of drug-likeness (QED) is 0.820. The van der Waals surface area contributed by atoms with Crippen molar-refractivity contribution in [2.45, 2.75) is 26.2 Å². The predicted molar refractivity (Wildman–Crippen MR) is 63.3 cm³/mol. The molecular weight excluding hydrogens is 220 g/mol. The molecule has 0 amide bonds. The third kappa shape index (κ3) is 4.26. The third-order valence-electron chi connectivity index (χ3n) is 2.44. The molecule has 0 unspecified atom stereocenters. The van der Waals surface area contributed by atoms with Crippen LogP contribution < -0.4 is 4.74 Å². The fourth-order valence-corrected chi connectivity index (χ4v) is 1.59. The van der Waals surface area contributed by atoms with Gasteiger partial charge in [-0.1, -0.05) is 17.7 Å². The Kier molecular flexibility index (Phi) is 4.69. The van der Waals surface area contributed by atoms with Gasteiger partial charge in [0.15, 0.2) is 0 Å². The van der Waals surface area contributed by atoms with Crippen LogP contribution in [0.15, 0.2) is 18.2 Å². The Hall–Kier alpha value is -1.84. The topological polar surface area (TPSA) is 63.6 Å². The van der Waals surface area contributed by atoms with Crippen LogP contribution in [0.1, 0.15) is 24.0 Å². The number of hydrogen-bond acceptors (Lipinski definition) is 3. The zero-order valence-corrected chi connectivity index (χ0v) is 10.0. The smallest absolute Gasteiger partial charge is 0.303 e. The molecule has 0 aliphatic heterocycles. The molecule has 0 bridgehead atoms. The molecule has 0 fully saturated rings. The summed E-state index contributed by atoms with van der Waals surface area (Å²) in [7, 11) is 1.55. The predicted octanol–water partition coefficient (Wildman–Crippen LogP) is 1.98. The number of ether oxygens (including phenoxy) is 1. The van der Waals surface area contributed by atoms with Crippen LogP contribution in [-0.2, 0) is 16.0 Å². The SMILES string of the molecule is COc1ccc(C)cc1CC(=O)CCC(=O)O. The van der Waals surface area contributed by atoms with Crippen molar-refractivity contribution >= 4 is 11.8 Å². The molecule has 4 nitrogen and oxygen atoms in total. The van der Waals surface area contributed by atoms with Crippen LogP contribution in [0.4, 0.5) is 0 Å². The van der Waals surface area contributed by atoms with Crippen molar-refractivity contribution in [1.29, 1.82) is 0 Å². The molecule has 0 aliphatic carbocycles. The first-order valence-electron chi connectivity index (χ1n) is 5.40. The van der Waals surface area contributed by atoms with Gasteiger partial charge in [0, 0.05) is 18.4 Å². The highest BCUT2D eigenvalue weighted by Gasteiger charge is 2.10. The lowest BCUT2D eigenvalue weighted by Gasteiger charge is -2.08. The van der Waals surface area contributed by atoms with Gasteiger partial charge in [-0.15, -0.1) is 0 Å². The van der Waals surface area contributed by atoms with Crippen LogP contribution in [0.2, 0.25) is 0 Å². The maximum atomic E-state index is 11.6. The summed E-state index contributed by atoms with van der Waals surface area (Å²) in [5.74, 6) is -0.370. The number of benzene rings is 1. The maximum absolute atomic E-state index is 11.6. The minimum absolute atomic E-state index is 0.0619. The van der Waals surface area contributed by atoms with E-state index in [2.05, 4.69) is 0 Å². The number of carbonyl (C=O) groups excluding carboxylic acids is 1. The van der Waals surface area contributed by atoms with Crippen LogP contribution in [0, 0.1) is 6.92 Å². The first-order chi connectivity index (χ1) is 8.02. The number of Topliss-reactive ketones (excluding diaryl/α,β-unsaturated/α-hetero) is 1. The van der Waals surface area contributed by atoms with Crippen molar-refractivity contribution in [3.8, 4) is 5.75 Å². The number of carboxylic acids is 1. The molecule has 0 saturated heterocycles. The second-order valence-corrected chi connectivity index (χ2v) is 3.92. The van der Waals surface area contributed by atoms with Crippen LogP contribution in [0.25, 0.3) is 0 Å². The molecule has 4 heteroatoms. The number of hydrogen-bond donors (Lipinski definition) is 1. The molecule has 1 aromatic carbocycles. The molecule has 1 rings (SSSR count). The first-order valence-corrected chi connectivity index (χ1v) is 5.40. The van der Waals surface area contributed by atoms with Crippen LogP contribution in [0.3, 0.4) is 0 Å². The van der Waals surface area contributed by atoms with E-state index in [0.29, 0.717) is 5.75 Å². The molecule has 0 saturated carbocycles. The Bertz CT molecular complexity index is 423. The average molecular weight is 236 g/mol. The van der Waals surface area contributed by atoms with Crippen molar-refractivity contribution in [2.75, 3.05) is 7.11 Å². The molecular formula is C13H16O4. The van der Waals surface area contributed by atoms with Gasteiger partial charge in [0.25, 0.3) is 0 Å². The summed E-state index contributed by atoms with van der Waals surface area (Å²) >= 11 is 0. The van der Waals surface area contributed by atoms with Crippen molar-refractivity contribution < 1.29 is 19.4 Å². The highest BCUT2D eigenvalue weighted by atomic mass is 16.5. The average Bonchev–Trinajstić information content (AvgIpc) is 2.27. The van der Waals surface area contributed by atoms with E-state index >= 15 is 0 Å². The van der Waals surface area contributed by atoms with Crippen LogP contribution in [0.5, 0.6) is 5.75 Å². The van der Waals surface area contributed by atoms with Gasteiger partial charge < -0.3 is 9.84 Å². The molecule has 92 valence electrons. The molecule has 0 radical (unpaired) electrons. The van der Waals surface area contributed by atoms with Gasteiger partial charge in [0.1, 0.15) is 11.5 Å². The minimum Gasteiger partial charge on any atom is -0.496 e. The number of aliphatic carboxylic acids is 1. The van der Waals surface area contributed by atoms with Crippen molar-refractivity contribution in [3.63, 3.8) is 0 Å². The highest BCUT2D eigenvalue weighted by molar-refractivity contribution is 5.84. The number of carboxylic acid groups (broad SMARTS) is 1. The van der Waals surface area contributed by atoms with Crippen molar-refractivity contribution in [1.82, 2.24) is 0 Å². The Morgan fingerprint density at radius 3 is 2.59 bits per heavy atom. The van der Waals surface area contributed by atoms with Gasteiger partial charge in [-0.25, -0.2) is 0 Å². The summed E-state index contributed by atoms with van der Waals surface area (Å²) in [4.78, 5) is 21.9. The fourth-order valence-electron chi connectivity index (χ4n) is 1.59. The Balaban J connectivity index is 2.69. The van der Waals surface area contributed by atoms with Gasteiger partial charge in [-0.05, 0) is 13.0 Å². The number of ketones is 1. The van der Waals surface area contributed by atoms with E-state index in [-0.39, 0.29) is 25.0 Å². The van der Waals surface area contributed by atoms with Gasteiger partial charge in [-0.2, -0.15) is 0 Å². The molecule has 1 N–H and O–H groups in total. The van der Waals surface area contributed by atoms with E-state index in [0.717, 1.165) is 11.1 Å². The van der Waals surface area contributed by atoms with Gasteiger partial charge in [-0.3, -0.25) is 9.59 Å². The second-order valence-electron chi connectivity index (χ2n) is 3.92. The van der Waals surface area contributed by atoms with Gasteiger partial charge in [0.2, 0.25) is 0 Å². The Morgan fingerprint density at radius 1 is 1.29 bits per heavy atom. The Morgan fingerprint density at radius 2 is 2.00 bits per heavy atom. The number of methoxy groups -OCH3 is 1.